The van der Waals surface area contributed by atoms with Gasteiger partial charge in [-0.15, -0.1) is 4.40 Å². The number of carbonyl (C=O) groups is 1. The zero-order valence-electron chi connectivity index (χ0n) is 7.18. The van der Waals surface area contributed by atoms with Crippen LogP contribution in [0.4, 0.5) is 0 Å². The van der Waals surface area contributed by atoms with Crippen LogP contribution in [0.15, 0.2) is 15.4 Å². The van der Waals surface area contributed by atoms with E-state index in [9.17, 15) is 13.2 Å². The summed E-state index contributed by atoms with van der Waals surface area (Å²) in [5.41, 5.74) is 5.16. The fourth-order valence-electron chi connectivity index (χ4n) is 0.816. The number of amides is 1. The number of hydrogen-bond donors (Lipinski definition) is 1. The van der Waals surface area contributed by atoms with Gasteiger partial charge >= 0.3 is 0 Å². The molecular weight excluding hydrogens is 194 g/mol. The van der Waals surface area contributed by atoms with Crippen molar-refractivity contribution in [1.82, 2.24) is 4.90 Å². The summed E-state index contributed by atoms with van der Waals surface area (Å²) < 4.78 is 25.4. The number of carbonyl (C=O) groups excluding carboxylic acids is 1. The Labute approximate surface area is 75.8 Å². The van der Waals surface area contributed by atoms with Crippen LogP contribution in [0.2, 0.25) is 0 Å². The summed E-state index contributed by atoms with van der Waals surface area (Å²) in [7, 11) is -0.944. The normalized spacial score (nSPS) is 19.2. The van der Waals surface area contributed by atoms with Crippen molar-refractivity contribution >= 4 is 21.8 Å². The van der Waals surface area contributed by atoms with E-state index in [4.69, 9.17) is 5.73 Å². The second-order valence-corrected chi connectivity index (χ2v) is 4.27. The smallest absolute Gasteiger partial charge is 0.289 e. The number of likely N-dealkylation sites (N-methyl/N-ethyl adjacent to an activating group) is 1. The fourth-order valence-corrected chi connectivity index (χ4v) is 1.92. The van der Waals surface area contributed by atoms with Gasteiger partial charge in [-0.25, -0.2) is 0 Å². The summed E-state index contributed by atoms with van der Waals surface area (Å²) in [4.78, 5) is 12.0. The maximum absolute atomic E-state index is 11.3. The van der Waals surface area contributed by atoms with Crippen molar-refractivity contribution in [1.29, 1.82) is 0 Å². The van der Waals surface area contributed by atoms with Crippen molar-refractivity contribution in [2.45, 2.75) is 0 Å². The molecule has 0 aromatic carbocycles. The molecule has 1 aliphatic heterocycles. The molecule has 0 aromatic rings. The predicted molar refractivity (Wildman–Crippen MR) is 47.3 cm³/mol. The summed E-state index contributed by atoms with van der Waals surface area (Å²) in [5.74, 6) is -0.783. The van der Waals surface area contributed by atoms with E-state index in [0.29, 0.717) is 0 Å². The molecule has 0 unspecified atom stereocenters. The van der Waals surface area contributed by atoms with Gasteiger partial charge in [-0.2, -0.15) is 8.42 Å². The first-order valence-electron chi connectivity index (χ1n) is 3.38. The molecule has 1 aliphatic rings. The van der Waals surface area contributed by atoms with Crippen LogP contribution in [0.1, 0.15) is 0 Å². The Morgan fingerprint density at radius 3 is 2.38 bits per heavy atom. The molecule has 0 radical (unpaired) electrons. The molecule has 13 heavy (non-hydrogen) atoms. The van der Waals surface area contributed by atoms with Crippen LogP contribution in [0, 0.1) is 0 Å². The minimum absolute atomic E-state index is 0.162. The second-order valence-electron chi connectivity index (χ2n) is 2.70. The maximum atomic E-state index is 11.3. The van der Waals surface area contributed by atoms with Gasteiger partial charge in [0, 0.05) is 20.2 Å². The third kappa shape index (κ3) is 1.69. The van der Waals surface area contributed by atoms with Gasteiger partial charge in [0.15, 0.2) is 4.91 Å². The van der Waals surface area contributed by atoms with Crippen LogP contribution in [-0.2, 0) is 14.8 Å². The van der Waals surface area contributed by atoms with E-state index < -0.39 is 15.9 Å². The fraction of sp³-hybridized carbons (Fsp3) is 0.333. The first-order valence-corrected chi connectivity index (χ1v) is 4.82. The molecule has 6 nitrogen and oxygen atoms in total. The zero-order valence-corrected chi connectivity index (χ0v) is 8.00. The second kappa shape index (κ2) is 2.84. The number of nitrogens with zero attached hydrogens (tertiary/aromatic N) is 2. The van der Waals surface area contributed by atoms with Crippen molar-refractivity contribution < 1.29 is 13.2 Å². The number of nitrogens with two attached hydrogens (primary N) is 1. The highest BCUT2D eigenvalue weighted by Gasteiger charge is 2.30. The summed E-state index contributed by atoms with van der Waals surface area (Å²) >= 11 is 0. The summed E-state index contributed by atoms with van der Waals surface area (Å²) in [6.07, 6.45) is 1.05. The van der Waals surface area contributed by atoms with E-state index in [0.717, 1.165) is 11.0 Å². The summed E-state index contributed by atoms with van der Waals surface area (Å²) in [6.45, 7) is 0. The lowest BCUT2D eigenvalue weighted by Crippen LogP contribution is -2.25. The molecular formula is C6H9N3O3S. The SMILES string of the molecule is CN(C)C(=O)C1=CC(N)=NS1(=O)=O. The minimum atomic E-state index is -3.85. The highest BCUT2D eigenvalue weighted by atomic mass is 32.2. The third-order valence-corrected chi connectivity index (χ3v) is 2.70. The highest BCUT2D eigenvalue weighted by molar-refractivity contribution is 7.95. The number of rotatable bonds is 1. The van der Waals surface area contributed by atoms with E-state index in [1.54, 1.807) is 0 Å². The third-order valence-electron chi connectivity index (χ3n) is 1.40. The van der Waals surface area contributed by atoms with Crippen LogP contribution >= 0.6 is 0 Å². The van der Waals surface area contributed by atoms with E-state index in [2.05, 4.69) is 4.40 Å². The Hall–Kier alpha value is -1.37. The molecule has 2 N–H and O–H groups in total. The lowest BCUT2D eigenvalue weighted by atomic mass is 10.4. The summed E-state index contributed by atoms with van der Waals surface area (Å²) in [6, 6.07) is 0. The van der Waals surface area contributed by atoms with Crippen molar-refractivity contribution in [3.05, 3.63) is 11.0 Å². The van der Waals surface area contributed by atoms with Crippen molar-refractivity contribution in [3.63, 3.8) is 0 Å². The van der Waals surface area contributed by atoms with Crippen molar-refractivity contribution in [2.75, 3.05) is 14.1 Å². The van der Waals surface area contributed by atoms with E-state index >= 15 is 0 Å². The molecule has 0 aromatic heterocycles. The monoisotopic (exact) mass is 203 g/mol. The standard InChI is InChI=1S/C6H9N3O3S/c1-9(2)6(10)4-3-5(7)8-13(4,11)12/h3H,1-2H3,(H2,7,8). The Bertz CT molecular complexity index is 405. The van der Waals surface area contributed by atoms with Gasteiger partial charge in [0.25, 0.3) is 15.9 Å². The number of sulfonamides is 1. The van der Waals surface area contributed by atoms with Gasteiger partial charge < -0.3 is 10.6 Å². The molecule has 0 saturated heterocycles. The Balaban J connectivity index is 3.13. The Morgan fingerprint density at radius 1 is 1.54 bits per heavy atom. The lowest BCUT2D eigenvalue weighted by Gasteiger charge is -2.08. The minimum Gasteiger partial charge on any atom is -0.383 e. The molecule has 0 fully saturated rings. The molecule has 72 valence electrons. The predicted octanol–water partition coefficient (Wildman–Crippen LogP) is -1.34. The van der Waals surface area contributed by atoms with Crippen LogP contribution in [0.25, 0.3) is 0 Å². The molecule has 0 aliphatic carbocycles. The van der Waals surface area contributed by atoms with E-state index in [1.165, 1.54) is 14.1 Å². The van der Waals surface area contributed by atoms with Gasteiger partial charge in [-0.3, -0.25) is 4.79 Å². The van der Waals surface area contributed by atoms with E-state index in [1.807, 2.05) is 0 Å². The first kappa shape index (κ1) is 9.72. The zero-order chi connectivity index (χ0) is 10.2. The molecule has 1 rings (SSSR count). The lowest BCUT2D eigenvalue weighted by molar-refractivity contribution is -0.124. The average Bonchev–Trinajstić information content (AvgIpc) is 2.22. The quantitative estimate of drug-likeness (QED) is 0.570. The summed E-state index contributed by atoms with van der Waals surface area (Å²) in [5, 5.41) is 0. The van der Waals surface area contributed by atoms with Crippen LogP contribution in [0.3, 0.4) is 0 Å². The molecule has 7 heteroatoms. The Morgan fingerprint density at radius 2 is 2.08 bits per heavy atom. The van der Waals surface area contributed by atoms with Crippen LogP contribution in [-0.4, -0.2) is 39.2 Å². The molecule has 0 saturated carbocycles. The van der Waals surface area contributed by atoms with Gasteiger partial charge in [0.1, 0.15) is 5.84 Å². The molecule has 1 heterocycles. The van der Waals surface area contributed by atoms with Crippen LogP contribution in [0.5, 0.6) is 0 Å². The molecule has 1 amide bonds. The average molecular weight is 203 g/mol. The van der Waals surface area contributed by atoms with Gasteiger partial charge in [0.05, 0.1) is 0 Å². The maximum Gasteiger partial charge on any atom is 0.289 e. The van der Waals surface area contributed by atoms with Crippen LogP contribution < -0.4 is 5.73 Å². The van der Waals surface area contributed by atoms with Crippen molar-refractivity contribution in [3.8, 4) is 0 Å². The number of hydrogen-bond acceptors (Lipinski definition) is 4. The van der Waals surface area contributed by atoms with Gasteiger partial charge in [-0.1, -0.05) is 0 Å². The molecule has 0 spiro atoms. The molecule has 0 atom stereocenters. The topological polar surface area (TPSA) is 92.8 Å². The van der Waals surface area contributed by atoms with Gasteiger partial charge in [-0.05, 0) is 0 Å². The largest absolute Gasteiger partial charge is 0.383 e. The Kier molecular flexibility index (Phi) is 2.12. The first-order chi connectivity index (χ1) is 5.84. The number of amidine groups is 1. The molecule has 0 bridgehead atoms. The highest BCUT2D eigenvalue weighted by Crippen LogP contribution is 2.16. The van der Waals surface area contributed by atoms with Crippen molar-refractivity contribution in [2.24, 2.45) is 10.1 Å². The van der Waals surface area contributed by atoms with E-state index in [-0.39, 0.29) is 10.7 Å². The van der Waals surface area contributed by atoms with Gasteiger partial charge in [0.2, 0.25) is 0 Å².